The van der Waals surface area contributed by atoms with Gasteiger partial charge in [0, 0.05) is 24.8 Å². The van der Waals surface area contributed by atoms with Crippen molar-refractivity contribution >= 4 is 0 Å². The van der Waals surface area contributed by atoms with E-state index in [0.29, 0.717) is 6.04 Å². The van der Waals surface area contributed by atoms with Crippen LogP contribution in [0.4, 0.5) is 0 Å². The molecule has 0 saturated carbocycles. The van der Waals surface area contributed by atoms with Gasteiger partial charge in [0.05, 0.1) is 14.2 Å². The minimum absolute atomic E-state index is 0.629. The predicted molar refractivity (Wildman–Crippen MR) is 83.9 cm³/mol. The highest BCUT2D eigenvalue weighted by molar-refractivity contribution is 5.42. The second kappa shape index (κ2) is 8.20. The van der Waals surface area contributed by atoms with Crippen LogP contribution in [0.25, 0.3) is 0 Å². The number of hydrogen-bond donors (Lipinski definition) is 1. The van der Waals surface area contributed by atoms with Crippen LogP contribution in [0.2, 0.25) is 0 Å². The van der Waals surface area contributed by atoms with E-state index in [2.05, 4.69) is 15.2 Å². The van der Waals surface area contributed by atoms with Crippen molar-refractivity contribution in [3.63, 3.8) is 0 Å². The molecule has 0 radical (unpaired) electrons. The molecule has 118 valence electrons. The van der Waals surface area contributed by atoms with Crippen molar-refractivity contribution in [2.75, 3.05) is 34.4 Å². The number of hydrogen-bond acceptors (Lipinski definition) is 5. The van der Waals surface area contributed by atoms with E-state index in [4.69, 9.17) is 9.47 Å². The number of likely N-dealkylation sites (tertiary alicyclic amines) is 1. The Hall–Kier alpha value is -1.33. The molecule has 1 fully saturated rings. The quantitative estimate of drug-likeness (QED) is 0.834. The van der Waals surface area contributed by atoms with Gasteiger partial charge in [0.15, 0.2) is 11.5 Å². The molecule has 5 nitrogen and oxygen atoms in total. The Morgan fingerprint density at radius 1 is 1.33 bits per heavy atom. The minimum Gasteiger partial charge on any atom is -0.493 e. The van der Waals surface area contributed by atoms with Gasteiger partial charge >= 0.3 is 0 Å². The first-order valence-corrected chi connectivity index (χ1v) is 7.74. The molecule has 1 aliphatic heterocycles. The summed E-state index contributed by atoms with van der Waals surface area (Å²) in [6.45, 7) is 3.02. The Balaban J connectivity index is 2.11. The summed E-state index contributed by atoms with van der Waals surface area (Å²) in [5.74, 6) is 1.52. The third-order valence-corrected chi connectivity index (χ3v) is 4.20. The zero-order valence-electron chi connectivity index (χ0n) is 13.4. The molecule has 1 aliphatic rings. The molecular weight excluding hydrogens is 266 g/mol. The average molecular weight is 293 g/mol. The lowest BCUT2D eigenvalue weighted by Gasteiger charge is -2.35. The molecule has 1 N–H and O–H groups in total. The van der Waals surface area contributed by atoms with Crippen molar-refractivity contribution in [3.05, 3.63) is 18.0 Å². The molecule has 5 heteroatoms. The molecule has 1 atom stereocenters. The fraction of sp³-hybridized carbons (Fsp3) is 0.688. The Morgan fingerprint density at radius 3 is 2.90 bits per heavy atom. The van der Waals surface area contributed by atoms with E-state index in [1.165, 1.54) is 25.7 Å². The Labute approximate surface area is 127 Å². The molecule has 0 bridgehead atoms. The molecule has 1 aromatic heterocycles. The van der Waals surface area contributed by atoms with Crippen LogP contribution in [0.5, 0.6) is 11.5 Å². The van der Waals surface area contributed by atoms with Gasteiger partial charge in [-0.2, -0.15) is 0 Å². The number of aromatic nitrogens is 1. The van der Waals surface area contributed by atoms with Gasteiger partial charge in [0.2, 0.25) is 0 Å². The summed E-state index contributed by atoms with van der Waals surface area (Å²) >= 11 is 0. The molecular formula is C16H27N3O2. The monoisotopic (exact) mass is 293 g/mol. The fourth-order valence-corrected chi connectivity index (χ4v) is 3.06. The summed E-state index contributed by atoms with van der Waals surface area (Å²) in [5.41, 5.74) is 0.966. The lowest BCUT2D eigenvalue weighted by molar-refractivity contribution is 0.129. The first-order chi connectivity index (χ1) is 10.3. The fourth-order valence-electron chi connectivity index (χ4n) is 3.06. The maximum Gasteiger partial charge on any atom is 0.183 e. The third kappa shape index (κ3) is 4.08. The summed E-state index contributed by atoms with van der Waals surface area (Å²) in [7, 11) is 5.36. The van der Waals surface area contributed by atoms with Crippen molar-refractivity contribution in [3.8, 4) is 11.5 Å². The maximum atomic E-state index is 5.50. The van der Waals surface area contributed by atoms with E-state index in [1.54, 1.807) is 20.4 Å². The molecule has 0 aromatic carbocycles. The third-order valence-electron chi connectivity index (χ3n) is 4.20. The van der Waals surface area contributed by atoms with Gasteiger partial charge in [-0.1, -0.05) is 6.42 Å². The zero-order chi connectivity index (χ0) is 15.1. The standard InChI is InChI=1S/C16H27N3O2/c1-17-9-7-13-6-4-5-11-19(13)12-14-16(21-3)15(20-2)8-10-18-14/h8,10,13,17H,4-7,9,11-12H2,1-3H3. The van der Waals surface area contributed by atoms with Crippen LogP contribution < -0.4 is 14.8 Å². The van der Waals surface area contributed by atoms with Gasteiger partial charge in [0.25, 0.3) is 0 Å². The summed E-state index contributed by atoms with van der Waals surface area (Å²) < 4.78 is 10.9. The molecule has 0 spiro atoms. The lowest BCUT2D eigenvalue weighted by Crippen LogP contribution is -2.40. The van der Waals surface area contributed by atoms with Gasteiger partial charge in [-0.25, -0.2) is 0 Å². The lowest BCUT2D eigenvalue weighted by atomic mass is 9.99. The molecule has 0 aliphatic carbocycles. The van der Waals surface area contributed by atoms with Crippen LogP contribution >= 0.6 is 0 Å². The average Bonchev–Trinajstić information content (AvgIpc) is 2.53. The van der Waals surface area contributed by atoms with Crippen LogP contribution in [0.15, 0.2) is 12.3 Å². The first-order valence-electron chi connectivity index (χ1n) is 7.74. The van der Waals surface area contributed by atoms with Crippen molar-refractivity contribution < 1.29 is 9.47 Å². The summed E-state index contributed by atoms with van der Waals surface area (Å²) in [5, 5.41) is 3.25. The Kier molecular flexibility index (Phi) is 6.26. The molecule has 2 rings (SSSR count). The smallest absolute Gasteiger partial charge is 0.183 e. The van der Waals surface area contributed by atoms with Crippen LogP contribution in [0.3, 0.4) is 0 Å². The normalized spacial score (nSPS) is 19.5. The number of piperidine rings is 1. The van der Waals surface area contributed by atoms with E-state index < -0.39 is 0 Å². The van der Waals surface area contributed by atoms with Crippen LogP contribution in [-0.2, 0) is 6.54 Å². The van der Waals surface area contributed by atoms with Crippen molar-refractivity contribution in [2.24, 2.45) is 0 Å². The highest BCUT2D eigenvalue weighted by Gasteiger charge is 2.24. The predicted octanol–water partition coefficient (Wildman–Crippen LogP) is 2.06. The Morgan fingerprint density at radius 2 is 2.19 bits per heavy atom. The first kappa shape index (κ1) is 16.0. The van der Waals surface area contributed by atoms with Crippen molar-refractivity contribution in [1.82, 2.24) is 15.2 Å². The van der Waals surface area contributed by atoms with Gasteiger partial charge in [0.1, 0.15) is 5.69 Å². The van der Waals surface area contributed by atoms with Gasteiger partial charge in [-0.05, 0) is 39.4 Å². The molecule has 0 amide bonds. The molecule has 1 unspecified atom stereocenters. The minimum atomic E-state index is 0.629. The summed E-state index contributed by atoms with van der Waals surface area (Å²) in [6, 6.07) is 2.47. The van der Waals surface area contributed by atoms with Crippen LogP contribution in [0.1, 0.15) is 31.4 Å². The molecule has 2 heterocycles. The number of pyridine rings is 1. The second-order valence-electron chi connectivity index (χ2n) is 5.51. The number of ether oxygens (including phenoxy) is 2. The highest BCUT2D eigenvalue weighted by Crippen LogP contribution is 2.31. The Bertz CT molecular complexity index is 440. The van der Waals surface area contributed by atoms with E-state index >= 15 is 0 Å². The van der Waals surface area contributed by atoms with E-state index in [0.717, 1.165) is 36.8 Å². The summed E-state index contributed by atoms with van der Waals surface area (Å²) in [4.78, 5) is 7.04. The highest BCUT2D eigenvalue weighted by atomic mass is 16.5. The summed E-state index contributed by atoms with van der Waals surface area (Å²) in [6.07, 6.45) is 6.84. The van der Waals surface area contributed by atoms with Crippen LogP contribution in [-0.4, -0.2) is 50.3 Å². The van der Waals surface area contributed by atoms with E-state index in [9.17, 15) is 0 Å². The number of methoxy groups -OCH3 is 2. The molecule has 21 heavy (non-hydrogen) atoms. The van der Waals surface area contributed by atoms with Gasteiger partial charge in [-0.3, -0.25) is 9.88 Å². The number of nitrogens with zero attached hydrogens (tertiary/aromatic N) is 2. The van der Waals surface area contributed by atoms with E-state index in [1.807, 2.05) is 13.1 Å². The SMILES string of the molecule is CNCCC1CCCCN1Cc1nccc(OC)c1OC. The molecule has 1 aromatic rings. The second-order valence-corrected chi connectivity index (χ2v) is 5.51. The maximum absolute atomic E-state index is 5.50. The largest absolute Gasteiger partial charge is 0.493 e. The number of rotatable bonds is 7. The topological polar surface area (TPSA) is 46.6 Å². The van der Waals surface area contributed by atoms with Crippen molar-refractivity contribution in [1.29, 1.82) is 0 Å². The number of nitrogens with one attached hydrogen (secondary N) is 1. The van der Waals surface area contributed by atoms with Crippen LogP contribution in [0, 0.1) is 0 Å². The van der Waals surface area contributed by atoms with Gasteiger partial charge < -0.3 is 14.8 Å². The van der Waals surface area contributed by atoms with Crippen molar-refractivity contribution in [2.45, 2.75) is 38.3 Å². The van der Waals surface area contributed by atoms with E-state index in [-0.39, 0.29) is 0 Å². The molecule has 1 saturated heterocycles. The zero-order valence-corrected chi connectivity index (χ0v) is 13.4. The van der Waals surface area contributed by atoms with Gasteiger partial charge in [-0.15, -0.1) is 0 Å².